The molecule has 1 unspecified atom stereocenters. The predicted octanol–water partition coefficient (Wildman–Crippen LogP) is 4.46. The molecule has 1 amide bonds. The summed E-state index contributed by atoms with van der Waals surface area (Å²) >= 11 is 6.06. The number of carbonyl (C=O) groups is 2. The molecule has 1 heterocycles. The highest BCUT2D eigenvalue weighted by molar-refractivity contribution is 6.34. The Hall–Kier alpha value is -2.33. The van der Waals surface area contributed by atoms with Crippen LogP contribution in [0.15, 0.2) is 42.5 Å². The number of methoxy groups -OCH3 is 1. The lowest BCUT2D eigenvalue weighted by molar-refractivity contribution is -0.133. The maximum atomic E-state index is 12.7. The van der Waals surface area contributed by atoms with Crippen LogP contribution in [0.25, 0.3) is 0 Å². The standard InChI is InChI=1S/C21H22ClNO3/c1-14-17-8-7-16(26-2)13-15(17)11-12-23(14)21(25)10-9-20(24)18-5-3-4-6-19(18)22/h3-8,13-14H,9-12H2,1-2H3. The van der Waals surface area contributed by atoms with E-state index >= 15 is 0 Å². The van der Waals surface area contributed by atoms with Crippen LogP contribution < -0.4 is 4.74 Å². The predicted molar refractivity (Wildman–Crippen MR) is 102 cm³/mol. The van der Waals surface area contributed by atoms with Crippen molar-refractivity contribution in [3.05, 3.63) is 64.2 Å². The summed E-state index contributed by atoms with van der Waals surface area (Å²) in [6, 6.07) is 12.9. The van der Waals surface area contributed by atoms with Crippen LogP contribution in [0.1, 0.15) is 47.3 Å². The van der Waals surface area contributed by atoms with Gasteiger partial charge in [0.2, 0.25) is 5.91 Å². The fraction of sp³-hybridized carbons (Fsp3) is 0.333. The van der Waals surface area contributed by atoms with E-state index in [1.54, 1.807) is 31.4 Å². The molecule has 1 aliphatic heterocycles. The van der Waals surface area contributed by atoms with Crippen molar-refractivity contribution in [2.45, 2.75) is 32.2 Å². The number of ketones is 1. The fourth-order valence-electron chi connectivity index (χ4n) is 3.46. The molecular weight excluding hydrogens is 350 g/mol. The summed E-state index contributed by atoms with van der Waals surface area (Å²) in [6.07, 6.45) is 1.15. The van der Waals surface area contributed by atoms with Crippen molar-refractivity contribution >= 4 is 23.3 Å². The minimum atomic E-state index is -0.0984. The first kappa shape index (κ1) is 18.5. The molecule has 0 radical (unpaired) electrons. The van der Waals surface area contributed by atoms with E-state index in [1.807, 2.05) is 30.0 Å². The maximum Gasteiger partial charge on any atom is 0.223 e. The summed E-state index contributed by atoms with van der Waals surface area (Å²) < 4.78 is 5.28. The van der Waals surface area contributed by atoms with Gasteiger partial charge in [0.15, 0.2) is 5.78 Å². The largest absolute Gasteiger partial charge is 0.497 e. The summed E-state index contributed by atoms with van der Waals surface area (Å²) in [5.74, 6) is 0.735. The van der Waals surface area contributed by atoms with Crippen molar-refractivity contribution in [1.29, 1.82) is 0 Å². The van der Waals surface area contributed by atoms with Crippen molar-refractivity contribution in [1.82, 2.24) is 4.90 Å². The first-order chi connectivity index (χ1) is 12.5. The van der Waals surface area contributed by atoms with E-state index < -0.39 is 0 Å². The van der Waals surface area contributed by atoms with Gasteiger partial charge in [-0.15, -0.1) is 0 Å². The van der Waals surface area contributed by atoms with Crippen LogP contribution in [0.3, 0.4) is 0 Å². The maximum absolute atomic E-state index is 12.7. The van der Waals surface area contributed by atoms with Gasteiger partial charge in [-0.2, -0.15) is 0 Å². The van der Waals surface area contributed by atoms with E-state index in [4.69, 9.17) is 16.3 Å². The number of carbonyl (C=O) groups excluding carboxylic acids is 2. The van der Waals surface area contributed by atoms with Gasteiger partial charge in [0.05, 0.1) is 18.2 Å². The Bertz CT molecular complexity index is 834. The second kappa shape index (κ2) is 7.92. The van der Waals surface area contributed by atoms with E-state index in [1.165, 1.54) is 5.56 Å². The SMILES string of the molecule is COc1ccc2c(c1)CCN(C(=O)CCC(=O)c1ccccc1Cl)C2C. The molecule has 2 aromatic carbocycles. The Balaban J connectivity index is 1.65. The van der Waals surface area contributed by atoms with Crippen LogP contribution in [0, 0.1) is 0 Å². The van der Waals surface area contributed by atoms with Crippen molar-refractivity contribution in [3.63, 3.8) is 0 Å². The number of ether oxygens (including phenoxy) is 1. The second-order valence-electron chi connectivity index (χ2n) is 6.48. The number of halogens is 1. The van der Waals surface area contributed by atoms with Gasteiger partial charge in [-0.3, -0.25) is 9.59 Å². The molecule has 0 aromatic heterocycles. The minimum Gasteiger partial charge on any atom is -0.497 e. The number of fused-ring (bicyclic) bond motifs is 1. The van der Waals surface area contributed by atoms with Crippen LogP contribution in [0.4, 0.5) is 0 Å². The van der Waals surface area contributed by atoms with E-state index in [0.717, 1.165) is 17.7 Å². The highest BCUT2D eigenvalue weighted by Gasteiger charge is 2.28. The Morgan fingerprint density at radius 3 is 2.69 bits per heavy atom. The van der Waals surface area contributed by atoms with Crippen LogP contribution in [-0.4, -0.2) is 30.2 Å². The molecule has 4 nitrogen and oxygen atoms in total. The lowest BCUT2D eigenvalue weighted by Gasteiger charge is -2.35. The van der Waals surface area contributed by atoms with Crippen molar-refractivity contribution in [2.24, 2.45) is 0 Å². The van der Waals surface area contributed by atoms with Gasteiger partial charge < -0.3 is 9.64 Å². The van der Waals surface area contributed by atoms with Gasteiger partial charge in [-0.25, -0.2) is 0 Å². The zero-order chi connectivity index (χ0) is 18.7. The van der Waals surface area contributed by atoms with Crippen molar-refractivity contribution < 1.29 is 14.3 Å². The van der Waals surface area contributed by atoms with Crippen molar-refractivity contribution in [3.8, 4) is 5.75 Å². The zero-order valence-electron chi connectivity index (χ0n) is 15.0. The van der Waals surface area contributed by atoms with Crippen LogP contribution in [0.2, 0.25) is 5.02 Å². The van der Waals surface area contributed by atoms with Gasteiger partial charge in [0.25, 0.3) is 0 Å². The van der Waals surface area contributed by atoms with Gasteiger partial charge in [-0.05, 0) is 48.7 Å². The third-order valence-corrected chi connectivity index (χ3v) is 5.28. The number of hydrogen-bond acceptors (Lipinski definition) is 3. The molecule has 0 aliphatic carbocycles. The molecule has 0 N–H and O–H groups in total. The Morgan fingerprint density at radius 1 is 1.19 bits per heavy atom. The quantitative estimate of drug-likeness (QED) is 0.729. The smallest absolute Gasteiger partial charge is 0.223 e. The third kappa shape index (κ3) is 3.75. The Morgan fingerprint density at radius 2 is 1.96 bits per heavy atom. The molecule has 3 rings (SSSR count). The normalized spacial score (nSPS) is 16.1. The first-order valence-corrected chi connectivity index (χ1v) is 9.13. The first-order valence-electron chi connectivity index (χ1n) is 8.75. The topological polar surface area (TPSA) is 46.6 Å². The van der Waals surface area contributed by atoms with Gasteiger partial charge in [0, 0.05) is 24.9 Å². The molecule has 1 atom stereocenters. The third-order valence-electron chi connectivity index (χ3n) is 4.95. The van der Waals surface area contributed by atoms with Crippen molar-refractivity contribution in [2.75, 3.05) is 13.7 Å². The molecule has 0 fully saturated rings. The molecular formula is C21H22ClNO3. The summed E-state index contributed by atoms with van der Waals surface area (Å²) in [5, 5.41) is 0.430. The van der Waals surface area contributed by atoms with Gasteiger partial charge in [0.1, 0.15) is 5.75 Å². The van der Waals surface area contributed by atoms with Crippen LogP contribution >= 0.6 is 11.6 Å². The van der Waals surface area contributed by atoms with Gasteiger partial charge in [-0.1, -0.05) is 29.8 Å². The van der Waals surface area contributed by atoms with Crippen LogP contribution in [-0.2, 0) is 11.2 Å². The van der Waals surface area contributed by atoms with E-state index in [9.17, 15) is 9.59 Å². The Kier molecular flexibility index (Phi) is 5.62. The zero-order valence-corrected chi connectivity index (χ0v) is 15.8. The molecule has 2 aromatic rings. The average molecular weight is 372 g/mol. The summed E-state index contributed by atoms with van der Waals surface area (Å²) in [6.45, 7) is 2.68. The number of Topliss-reactive ketones (excluding diaryl/α,β-unsaturated/α-hetero) is 1. The highest BCUT2D eigenvalue weighted by Crippen LogP contribution is 2.32. The number of hydrogen-bond donors (Lipinski definition) is 0. The van der Waals surface area contributed by atoms with E-state index in [2.05, 4.69) is 0 Å². The highest BCUT2D eigenvalue weighted by atomic mass is 35.5. The number of amides is 1. The fourth-order valence-corrected chi connectivity index (χ4v) is 3.70. The number of benzene rings is 2. The van der Waals surface area contributed by atoms with E-state index in [0.29, 0.717) is 17.1 Å². The summed E-state index contributed by atoms with van der Waals surface area (Å²) in [7, 11) is 1.65. The number of rotatable bonds is 5. The minimum absolute atomic E-state index is 0.000582. The second-order valence-corrected chi connectivity index (χ2v) is 6.89. The average Bonchev–Trinajstić information content (AvgIpc) is 2.66. The summed E-state index contributed by atoms with van der Waals surface area (Å²) in [5.41, 5.74) is 2.84. The lowest BCUT2D eigenvalue weighted by atomic mass is 9.92. The van der Waals surface area contributed by atoms with Gasteiger partial charge >= 0.3 is 0 Å². The molecule has 136 valence electrons. The molecule has 26 heavy (non-hydrogen) atoms. The molecule has 0 spiro atoms. The monoisotopic (exact) mass is 371 g/mol. The van der Waals surface area contributed by atoms with E-state index in [-0.39, 0.29) is 30.6 Å². The molecule has 0 saturated carbocycles. The molecule has 5 heteroatoms. The molecule has 0 bridgehead atoms. The lowest BCUT2D eigenvalue weighted by Crippen LogP contribution is -2.38. The molecule has 0 saturated heterocycles. The Labute approximate surface area is 158 Å². The molecule has 1 aliphatic rings. The summed E-state index contributed by atoms with van der Waals surface area (Å²) in [4.78, 5) is 26.9. The van der Waals surface area contributed by atoms with Crippen LogP contribution in [0.5, 0.6) is 5.75 Å². The number of nitrogens with zero attached hydrogens (tertiary/aromatic N) is 1.